The fourth-order valence-corrected chi connectivity index (χ4v) is 3.83. The van der Waals surface area contributed by atoms with Gasteiger partial charge in [-0.3, -0.25) is 0 Å². The number of rotatable bonds is 6. The van der Waals surface area contributed by atoms with Gasteiger partial charge in [-0.1, -0.05) is 20.8 Å². The number of hydrogen-bond acceptors (Lipinski definition) is 2. The topological polar surface area (TPSA) is 15.3 Å². The highest BCUT2D eigenvalue weighted by molar-refractivity contribution is 4.79. The van der Waals surface area contributed by atoms with Crippen LogP contribution in [0, 0.1) is 17.8 Å². The summed E-state index contributed by atoms with van der Waals surface area (Å²) in [7, 11) is 0. The van der Waals surface area contributed by atoms with Crippen LogP contribution in [0.3, 0.4) is 0 Å². The Morgan fingerprint density at radius 1 is 1.00 bits per heavy atom. The lowest BCUT2D eigenvalue weighted by Gasteiger charge is -2.32. The quantitative estimate of drug-likeness (QED) is 0.791. The minimum absolute atomic E-state index is 0.802. The van der Waals surface area contributed by atoms with E-state index < -0.39 is 0 Å². The van der Waals surface area contributed by atoms with Crippen molar-refractivity contribution >= 4 is 0 Å². The van der Waals surface area contributed by atoms with Crippen molar-refractivity contribution in [2.75, 3.05) is 26.2 Å². The molecule has 2 nitrogen and oxygen atoms in total. The third-order valence-electron chi connectivity index (χ3n) is 5.24. The van der Waals surface area contributed by atoms with E-state index in [-0.39, 0.29) is 0 Å². The van der Waals surface area contributed by atoms with Gasteiger partial charge < -0.3 is 10.2 Å². The van der Waals surface area contributed by atoms with E-state index in [4.69, 9.17) is 0 Å². The van der Waals surface area contributed by atoms with Gasteiger partial charge in [-0.2, -0.15) is 0 Å². The van der Waals surface area contributed by atoms with Crippen molar-refractivity contribution in [1.82, 2.24) is 10.2 Å². The van der Waals surface area contributed by atoms with Gasteiger partial charge in [0.15, 0.2) is 0 Å². The second-order valence-electron chi connectivity index (χ2n) is 7.38. The van der Waals surface area contributed by atoms with Gasteiger partial charge in [0.25, 0.3) is 0 Å². The summed E-state index contributed by atoms with van der Waals surface area (Å²) in [6.45, 7) is 12.4. The van der Waals surface area contributed by atoms with E-state index in [1.54, 1.807) is 0 Å². The highest BCUT2D eigenvalue weighted by Gasteiger charge is 2.23. The van der Waals surface area contributed by atoms with E-state index in [1.165, 1.54) is 64.7 Å². The van der Waals surface area contributed by atoms with Crippen molar-refractivity contribution in [3.63, 3.8) is 0 Å². The molecule has 0 aromatic heterocycles. The van der Waals surface area contributed by atoms with Crippen LogP contribution in [0.25, 0.3) is 0 Å². The first-order chi connectivity index (χ1) is 9.15. The van der Waals surface area contributed by atoms with Gasteiger partial charge in [0, 0.05) is 12.6 Å². The van der Waals surface area contributed by atoms with Gasteiger partial charge in [-0.15, -0.1) is 0 Å². The Balaban J connectivity index is 1.58. The molecule has 2 heteroatoms. The fourth-order valence-electron chi connectivity index (χ4n) is 3.83. The van der Waals surface area contributed by atoms with E-state index in [1.807, 2.05) is 0 Å². The van der Waals surface area contributed by atoms with Crippen molar-refractivity contribution in [3.8, 4) is 0 Å². The molecule has 1 saturated heterocycles. The molecule has 0 spiro atoms. The van der Waals surface area contributed by atoms with Crippen molar-refractivity contribution in [3.05, 3.63) is 0 Å². The Morgan fingerprint density at radius 2 is 1.63 bits per heavy atom. The van der Waals surface area contributed by atoms with Crippen LogP contribution < -0.4 is 5.32 Å². The molecule has 0 aromatic rings. The maximum absolute atomic E-state index is 3.83. The Kier molecular flexibility index (Phi) is 6.15. The number of nitrogens with one attached hydrogen (secondary N) is 1. The van der Waals surface area contributed by atoms with Gasteiger partial charge >= 0.3 is 0 Å². The summed E-state index contributed by atoms with van der Waals surface area (Å²) in [5, 5.41) is 3.83. The van der Waals surface area contributed by atoms with Crippen LogP contribution in [0.15, 0.2) is 0 Å². The zero-order valence-electron chi connectivity index (χ0n) is 13.3. The largest absolute Gasteiger partial charge is 0.314 e. The molecule has 19 heavy (non-hydrogen) atoms. The van der Waals surface area contributed by atoms with Crippen LogP contribution in [-0.4, -0.2) is 37.1 Å². The Labute approximate surface area is 120 Å². The smallest absolute Gasteiger partial charge is 0.00673 e. The van der Waals surface area contributed by atoms with E-state index in [9.17, 15) is 0 Å². The van der Waals surface area contributed by atoms with Crippen molar-refractivity contribution < 1.29 is 0 Å². The van der Waals surface area contributed by atoms with Crippen LogP contribution in [-0.2, 0) is 0 Å². The molecule has 1 N–H and O–H groups in total. The fraction of sp³-hybridized carbons (Fsp3) is 1.00. The highest BCUT2D eigenvalue weighted by atomic mass is 15.1. The van der Waals surface area contributed by atoms with Crippen LogP contribution in [0.5, 0.6) is 0 Å². The third-order valence-corrected chi connectivity index (χ3v) is 5.24. The summed E-state index contributed by atoms with van der Waals surface area (Å²) in [6.07, 6.45) is 8.52. The summed E-state index contributed by atoms with van der Waals surface area (Å²) in [4.78, 5) is 2.64. The van der Waals surface area contributed by atoms with Gasteiger partial charge in [-0.05, 0) is 75.9 Å². The normalized spacial score (nSPS) is 30.9. The minimum atomic E-state index is 0.802. The second-order valence-corrected chi connectivity index (χ2v) is 7.38. The van der Waals surface area contributed by atoms with E-state index >= 15 is 0 Å². The first-order valence-corrected chi connectivity index (χ1v) is 8.61. The van der Waals surface area contributed by atoms with Gasteiger partial charge in [0.1, 0.15) is 0 Å². The highest BCUT2D eigenvalue weighted by Crippen LogP contribution is 2.29. The zero-order valence-corrected chi connectivity index (χ0v) is 13.3. The third kappa shape index (κ3) is 5.07. The molecular formula is C17H34N2. The predicted octanol–water partition coefficient (Wildman–Crippen LogP) is 3.52. The van der Waals surface area contributed by atoms with Crippen LogP contribution in [0.4, 0.5) is 0 Å². The van der Waals surface area contributed by atoms with E-state index in [2.05, 4.69) is 31.0 Å². The number of likely N-dealkylation sites (tertiary alicyclic amines) is 1. The Hall–Kier alpha value is -0.0800. The lowest BCUT2D eigenvalue weighted by molar-refractivity contribution is 0.225. The Morgan fingerprint density at radius 3 is 2.21 bits per heavy atom. The summed E-state index contributed by atoms with van der Waals surface area (Å²) in [6, 6.07) is 0.802. The average Bonchev–Trinajstić information content (AvgIpc) is 2.89. The van der Waals surface area contributed by atoms with Crippen LogP contribution in [0.2, 0.25) is 0 Å². The molecular weight excluding hydrogens is 232 g/mol. The van der Waals surface area contributed by atoms with Gasteiger partial charge in [0.05, 0.1) is 0 Å². The molecule has 0 bridgehead atoms. The summed E-state index contributed by atoms with van der Waals surface area (Å²) in [5.74, 6) is 2.68. The average molecular weight is 266 g/mol. The van der Waals surface area contributed by atoms with Crippen molar-refractivity contribution in [2.24, 2.45) is 17.8 Å². The van der Waals surface area contributed by atoms with Crippen molar-refractivity contribution in [2.45, 2.75) is 65.3 Å². The molecule has 1 aliphatic heterocycles. The SMILES string of the molecule is CC(CNC1CCC(C(C)C)CC1)CN1CCCC1. The second kappa shape index (κ2) is 7.64. The molecule has 2 fully saturated rings. The molecule has 0 radical (unpaired) electrons. The summed E-state index contributed by atoms with van der Waals surface area (Å²) < 4.78 is 0. The molecule has 0 aromatic carbocycles. The molecule has 1 saturated carbocycles. The predicted molar refractivity (Wildman–Crippen MR) is 83.4 cm³/mol. The van der Waals surface area contributed by atoms with E-state index in [0.29, 0.717) is 0 Å². The zero-order chi connectivity index (χ0) is 13.7. The standard InChI is InChI=1S/C17H34N2/c1-14(2)16-6-8-17(9-7-16)18-12-15(3)13-19-10-4-5-11-19/h14-18H,4-13H2,1-3H3. The minimum Gasteiger partial charge on any atom is -0.314 e. The van der Waals surface area contributed by atoms with Crippen LogP contribution in [0.1, 0.15) is 59.3 Å². The molecule has 1 heterocycles. The van der Waals surface area contributed by atoms with Crippen LogP contribution >= 0.6 is 0 Å². The van der Waals surface area contributed by atoms with Crippen molar-refractivity contribution in [1.29, 1.82) is 0 Å². The molecule has 1 unspecified atom stereocenters. The molecule has 2 aliphatic rings. The lowest BCUT2D eigenvalue weighted by atomic mass is 9.79. The summed E-state index contributed by atoms with van der Waals surface area (Å²) in [5.41, 5.74) is 0. The summed E-state index contributed by atoms with van der Waals surface area (Å²) >= 11 is 0. The molecule has 2 rings (SSSR count). The first kappa shape index (κ1) is 15.3. The maximum Gasteiger partial charge on any atom is 0.00673 e. The molecule has 0 amide bonds. The Bertz CT molecular complexity index is 238. The molecule has 1 aliphatic carbocycles. The van der Waals surface area contributed by atoms with E-state index in [0.717, 1.165) is 23.8 Å². The lowest BCUT2D eigenvalue weighted by Crippen LogP contribution is -2.39. The monoisotopic (exact) mass is 266 g/mol. The van der Waals surface area contributed by atoms with Gasteiger partial charge in [0.2, 0.25) is 0 Å². The van der Waals surface area contributed by atoms with Gasteiger partial charge in [-0.25, -0.2) is 0 Å². The maximum atomic E-state index is 3.83. The molecule has 112 valence electrons. The number of nitrogens with zero attached hydrogens (tertiary/aromatic N) is 1. The first-order valence-electron chi connectivity index (χ1n) is 8.61. The number of hydrogen-bond donors (Lipinski definition) is 1. The molecule has 1 atom stereocenters.